The summed E-state index contributed by atoms with van der Waals surface area (Å²) < 4.78 is 5.09. The highest BCUT2D eigenvalue weighted by atomic mass is 16.5. The molecule has 1 aromatic heterocycles. The molecule has 0 bridgehead atoms. The molecule has 98 valence electrons. The molecule has 1 aliphatic heterocycles. The minimum Gasteiger partial charge on any atom is -0.479 e. The summed E-state index contributed by atoms with van der Waals surface area (Å²) in [7, 11) is 1.53. The van der Waals surface area contributed by atoms with Crippen LogP contribution in [0.15, 0.2) is 12.1 Å². The number of hydrogen-bond acceptors (Lipinski definition) is 5. The number of hydrogen-bond donors (Lipinski definition) is 2. The van der Waals surface area contributed by atoms with Crippen LogP contribution in [0.5, 0.6) is 5.88 Å². The fourth-order valence-corrected chi connectivity index (χ4v) is 2.14. The van der Waals surface area contributed by atoms with Gasteiger partial charge in [-0.3, -0.25) is 4.79 Å². The molecule has 1 fully saturated rings. The Balaban J connectivity index is 2.22. The molecule has 0 radical (unpaired) electrons. The first kappa shape index (κ1) is 12.5. The van der Waals surface area contributed by atoms with Crippen molar-refractivity contribution in [3.8, 4) is 5.88 Å². The van der Waals surface area contributed by atoms with Gasteiger partial charge in [0.05, 0.1) is 18.2 Å². The normalized spacial score (nSPS) is 23.1. The molecule has 4 N–H and O–H groups in total. The van der Waals surface area contributed by atoms with E-state index in [9.17, 15) is 4.79 Å². The van der Waals surface area contributed by atoms with Gasteiger partial charge in [-0.2, -0.15) is 4.98 Å². The van der Waals surface area contributed by atoms with Crippen molar-refractivity contribution < 1.29 is 9.53 Å². The average Bonchev–Trinajstić information content (AvgIpc) is 2.74. The predicted octanol–water partition coefficient (Wildman–Crippen LogP) is 0.374. The maximum Gasteiger partial charge on any atom is 0.238 e. The van der Waals surface area contributed by atoms with Gasteiger partial charge >= 0.3 is 0 Å². The number of carbonyl (C=O) groups is 1. The van der Waals surface area contributed by atoms with Crippen molar-refractivity contribution in [1.29, 1.82) is 0 Å². The number of ether oxygens (including phenoxy) is 1. The van der Waals surface area contributed by atoms with E-state index < -0.39 is 5.41 Å². The second kappa shape index (κ2) is 4.36. The Morgan fingerprint density at radius 3 is 2.83 bits per heavy atom. The number of carbonyl (C=O) groups excluding carboxylic acids is 1. The number of nitrogens with zero attached hydrogens (tertiary/aromatic N) is 2. The molecule has 0 saturated carbocycles. The molecule has 6 heteroatoms. The second-order valence-electron chi connectivity index (χ2n) is 4.86. The van der Waals surface area contributed by atoms with Gasteiger partial charge in [0.15, 0.2) is 0 Å². The molecule has 1 atom stereocenters. The van der Waals surface area contributed by atoms with Gasteiger partial charge < -0.3 is 21.1 Å². The van der Waals surface area contributed by atoms with E-state index in [0.29, 0.717) is 18.1 Å². The average molecular weight is 250 g/mol. The molecule has 1 aromatic rings. The Kier molecular flexibility index (Phi) is 3.02. The maximum absolute atomic E-state index is 11.4. The van der Waals surface area contributed by atoms with Crippen molar-refractivity contribution in [3.05, 3.63) is 12.1 Å². The molecule has 1 amide bonds. The molecule has 6 nitrogen and oxygen atoms in total. The summed E-state index contributed by atoms with van der Waals surface area (Å²) in [6.45, 7) is 3.20. The van der Waals surface area contributed by atoms with Crippen LogP contribution in [0.2, 0.25) is 0 Å². The molecule has 0 spiro atoms. The van der Waals surface area contributed by atoms with Gasteiger partial charge in [-0.15, -0.1) is 0 Å². The second-order valence-corrected chi connectivity index (χ2v) is 4.86. The van der Waals surface area contributed by atoms with Crippen LogP contribution < -0.4 is 21.1 Å². The highest BCUT2D eigenvalue weighted by Crippen LogP contribution is 2.33. The lowest BCUT2D eigenvalue weighted by Crippen LogP contribution is -2.37. The van der Waals surface area contributed by atoms with Gasteiger partial charge in [-0.1, -0.05) is 0 Å². The lowest BCUT2D eigenvalue weighted by molar-refractivity contribution is -0.125. The number of rotatable bonds is 3. The van der Waals surface area contributed by atoms with Gasteiger partial charge in [0, 0.05) is 13.1 Å². The third-order valence-electron chi connectivity index (χ3n) is 3.46. The zero-order valence-electron chi connectivity index (χ0n) is 10.6. The van der Waals surface area contributed by atoms with Crippen molar-refractivity contribution >= 4 is 17.4 Å². The number of methoxy groups -OCH3 is 1. The smallest absolute Gasteiger partial charge is 0.238 e. The molecule has 1 unspecified atom stereocenters. The molecular weight excluding hydrogens is 232 g/mol. The van der Waals surface area contributed by atoms with Crippen LogP contribution >= 0.6 is 0 Å². The first-order chi connectivity index (χ1) is 8.46. The fraction of sp³-hybridized carbons (Fsp3) is 0.500. The summed E-state index contributed by atoms with van der Waals surface area (Å²) in [6, 6.07) is 3.58. The number of nitrogens with two attached hydrogens (primary N) is 2. The van der Waals surface area contributed by atoms with Crippen LogP contribution in [-0.4, -0.2) is 31.1 Å². The molecule has 0 aliphatic carbocycles. The molecule has 0 aromatic carbocycles. The first-order valence-electron chi connectivity index (χ1n) is 5.81. The van der Waals surface area contributed by atoms with Gasteiger partial charge in [0.1, 0.15) is 5.82 Å². The largest absolute Gasteiger partial charge is 0.479 e. The fourth-order valence-electron chi connectivity index (χ4n) is 2.14. The van der Waals surface area contributed by atoms with Crippen LogP contribution in [0.25, 0.3) is 0 Å². The number of aromatic nitrogens is 1. The lowest BCUT2D eigenvalue weighted by Gasteiger charge is -2.22. The zero-order chi connectivity index (χ0) is 13.3. The minimum absolute atomic E-state index is 0.271. The molecule has 2 rings (SSSR count). The van der Waals surface area contributed by atoms with Gasteiger partial charge in [0.25, 0.3) is 0 Å². The number of pyridine rings is 1. The van der Waals surface area contributed by atoms with Crippen molar-refractivity contribution in [2.75, 3.05) is 30.8 Å². The van der Waals surface area contributed by atoms with E-state index in [2.05, 4.69) is 4.98 Å². The third-order valence-corrected chi connectivity index (χ3v) is 3.46. The molecule has 1 aliphatic rings. The Labute approximate surface area is 106 Å². The van der Waals surface area contributed by atoms with Gasteiger partial charge in [-0.25, -0.2) is 0 Å². The van der Waals surface area contributed by atoms with E-state index in [1.54, 1.807) is 6.07 Å². The van der Waals surface area contributed by atoms with E-state index in [4.69, 9.17) is 16.2 Å². The number of amides is 1. The number of nitrogen functional groups attached to an aromatic ring is 1. The predicted molar refractivity (Wildman–Crippen MR) is 69.3 cm³/mol. The molecular formula is C12H18N4O2. The summed E-state index contributed by atoms with van der Waals surface area (Å²) in [4.78, 5) is 17.8. The van der Waals surface area contributed by atoms with Crippen LogP contribution in [0.3, 0.4) is 0 Å². The summed E-state index contributed by atoms with van der Waals surface area (Å²) in [5.74, 6) is 0.888. The van der Waals surface area contributed by atoms with E-state index in [-0.39, 0.29) is 5.91 Å². The van der Waals surface area contributed by atoms with Crippen molar-refractivity contribution in [1.82, 2.24) is 4.98 Å². The summed E-state index contributed by atoms with van der Waals surface area (Å²) in [5.41, 5.74) is 11.2. The molecule has 18 heavy (non-hydrogen) atoms. The lowest BCUT2D eigenvalue weighted by atomic mass is 9.89. The van der Waals surface area contributed by atoms with E-state index in [1.165, 1.54) is 7.11 Å². The molecule has 2 heterocycles. The highest BCUT2D eigenvalue weighted by Gasteiger charge is 2.39. The van der Waals surface area contributed by atoms with Gasteiger partial charge in [-0.05, 0) is 25.5 Å². The van der Waals surface area contributed by atoms with Crippen molar-refractivity contribution in [3.63, 3.8) is 0 Å². The number of anilines is 2. The Bertz CT molecular complexity index is 477. The zero-order valence-corrected chi connectivity index (χ0v) is 10.6. The summed E-state index contributed by atoms with van der Waals surface area (Å²) in [5, 5.41) is 0. The van der Waals surface area contributed by atoms with Crippen LogP contribution in [-0.2, 0) is 4.79 Å². The summed E-state index contributed by atoms with van der Waals surface area (Å²) >= 11 is 0. The standard InChI is InChI=1S/C12H18N4O2/c1-12(11(14)17)5-6-16(7-12)9-4-3-8(13)10(15-9)18-2/h3-4H,5-7,13H2,1-2H3,(H2,14,17). The van der Waals surface area contributed by atoms with Crippen molar-refractivity contribution in [2.24, 2.45) is 11.1 Å². The van der Waals surface area contributed by atoms with Gasteiger partial charge in [0.2, 0.25) is 11.8 Å². The van der Waals surface area contributed by atoms with E-state index in [0.717, 1.165) is 18.8 Å². The third kappa shape index (κ3) is 2.05. The quantitative estimate of drug-likeness (QED) is 0.808. The summed E-state index contributed by atoms with van der Waals surface area (Å²) in [6.07, 6.45) is 0.733. The maximum atomic E-state index is 11.4. The SMILES string of the molecule is COc1nc(N2CCC(C)(C(N)=O)C2)ccc1N. The van der Waals surface area contributed by atoms with Crippen LogP contribution in [0, 0.1) is 5.41 Å². The monoisotopic (exact) mass is 250 g/mol. The Hall–Kier alpha value is -1.98. The Morgan fingerprint density at radius 1 is 1.56 bits per heavy atom. The van der Waals surface area contributed by atoms with Crippen molar-refractivity contribution in [2.45, 2.75) is 13.3 Å². The number of primary amides is 1. The minimum atomic E-state index is -0.490. The topological polar surface area (TPSA) is 94.5 Å². The van der Waals surface area contributed by atoms with Crippen LogP contribution in [0.4, 0.5) is 11.5 Å². The first-order valence-corrected chi connectivity index (χ1v) is 5.81. The van der Waals surface area contributed by atoms with E-state index >= 15 is 0 Å². The Morgan fingerprint density at radius 2 is 2.28 bits per heavy atom. The van der Waals surface area contributed by atoms with E-state index in [1.807, 2.05) is 17.9 Å². The highest BCUT2D eigenvalue weighted by molar-refractivity contribution is 5.82. The van der Waals surface area contributed by atoms with Crippen LogP contribution in [0.1, 0.15) is 13.3 Å². The molecule has 1 saturated heterocycles.